The highest BCUT2D eigenvalue weighted by atomic mass is 35.5. The minimum atomic E-state index is -0.321. The molecule has 2 N–H and O–H groups in total. The van der Waals surface area contributed by atoms with E-state index < -0.39 is 0 Å². The van der Waals surface area contributed by atoms with E-state index in [1.807, 2.05) is 18.2 Å². The van der Waals surface area contributed by atoms with Crippen LogP contribution < -0.4 is 14.8 Å². The normalized spacial score (nSPS) is 17.2. The van der Waals surface area contributed by atoms with Gasteiger partial charge in [-0.2, -0.15) is 0 Å². The number of rotatable bonds is 7. The Kier molecular flexibility index (Phi) is 6.02. The molecule has 8 nitrogen and oxygen atoms in total. The third-order valence-electron chi connectivity index (χ3n) is 5.73. The first-order valence-corrected chi connectivity index (χ1v) is 11.1. The Morgan fingerprint density at radius 3 is 3.06 bits per heavy atom. The molecule has 33 heavy (non-hydrogen) atoms. The van der Waals surface area contributed by atoms with E-state index in [1.54, 1.807) is 31.8 Å². The molecular weight excluding hydrogens is 444 g/mol. The van der Waals surface area contributed by atoms with Gasteiger partial charge in [-0.1, -0.05) is 17.7 Å². The Balaban J connectivity index is 1.58. The van der Waals surface area contributed by atoms with Crippen molar-refractivity contribution in [3.8, 4) is 22.8 Å². The molecule has 9 heteroatoms. The molecule has 1 fully saturated rings. The summed E-state index contributed by atoms with van der Waals surface area (Å²) in [6, 6.07) is 7.25. The number of carbonyl (C=O) groups is 1. The number of aromatic nitrogens is 2. The van der Waals surface area contributed by atoms with E-state index >= 15 is 0 Å². The van der Waals surface area contributed by atoms with Gasteiger partial charge in [-0.25, -0.2) is 4.99 Å². The highest BCUT2D eigenvalue weighted by Gasteiger charge is 2.28. The molecule has 5 rings (SSSR count). The van der Waals surface area contributed by atoms with Crippen LogP contribution in [0.15, 0.2) is 41.7 Å². The molecule has 2 aromatic heterocycles. The number of methoxy groups -OCH3 is 1. The number of amides is 1. The number of ether oxygens (including phenoxy) is 3. The largest absolute Gasteiger partial charge is 0.493 e. The van der Waals surface area contributed by atoms with E-state index in [1.165, 1.54) is 0 Å². The van der Waals surface area contributed by atoms with Crippen molar-refractivity contribution in [1.82, 2.24) is 9.97 Å². The minimum absolute atomic E-state index is 0.0678. The summed E-state index contributed by atoms with van der Waals surface area (Å²) in [5.74, 6) is 0.760. The predicted molar refractivity (Wildman–Crippen MR) is 126 cm³/mol. The van der Waals surface area contributed by atoms with Crippen LogP contribution in [-0.4, -0.2) is 48.5 Å². The zero-order valence-corrected chi connectivity index (χ0v) is 18.8. The lowest BCUT2D eigenvalue weighted by atomic mass is 10.1. The van der Waals surface area contributed by atoms with E-state index in [-0.39, 0.29) is 12.0 Å². The quantitative estimate of drug-likeness (QED) is 0.518. The van der Waals surface area contributed by atoms with Gasteiger partial charge in [0.05, 0.1) is 47.1 Å². The van der Waals surface area contributed by atoms with Crippen molar-refractivity contribution in [3.63, 3.8) is 0 Å². The van der Waals surface area contributed by atoms with Gasteiger partial charge in [-0.15, -0.1) is 0 Å². The smallest absolute Gasteiger partial charge is 0.280 e. The molecule has 1 atom stereocenters. The number of aromatic amines is 1. The minimum Gasteiger partial charge on any atom is -0.493 e. The van der Waals surface area contributed by atoms with Crippen LogP contribution in [0, 0.1) is 0 Å². The second-order valence-electron chi connectivity index (χ2n) is 7.81. The third kappa shape index (κ3) is 4.19. The maximum absolute atomic E-state index is 12.8. The first-order chi connectivity index (χ1) is 16.2. The van der Waals surface area contributed by atoms with E-state index in [4.69, 9.17) is 25.8 Å². The Bertz CT molecular complexity index is 1220. The van der Waals surface area contributed by atoms with Crippen LogP contribution in [0.2, 0.25) is 5.02 Å². The van der Waals surface area contributed by atoms with Crippen LogP contribution in [0.3, 0.4) is 0 Å². The van der Waals surface area contributed by atoms with Crippen LogP contribution in [0.5, 0.6) is 11.5 Å². The van der Waals surface area contributed by atoms with Gasteiger partial charge < -0.3 is 24.5 Å². The number of halogens is 1. The van der Waals surface area contributed by atoms with Gasteiger partial charge in [0.1, 0.15) is 12.4 Å². The molecule has 1 saturated heterocycles. The number of benzene rings is 1. The number of H-pyrrole nitrogens is 1. The van der Waals surface area contributed by atoms with Crippen molar-refractivity contribution in [2.75, 3.05) is 25.6 Å². The lowest BCUT2D eigenvalue weighted by molar-refractivity contribution is 0.0680. The van der Waals surface area contributed by atoms with Gasteiger partial charge in [0.25, 0.3) is 5.91 Å². The van der Waals surface area contributed by atoms with Crippen molar-refractivity contribution in [1.29, 1.82) is 0 Å². The summed E-state index contributed by atoms with van der Waals surface area (Å²) < 4.78 is 17.3. The van der Waals surface area contributed by atoms with Gasteiger partial charge in [-0.05, 0) is 31.0 Å². The molecule has 1 amide bonds. The highest BCUT2D eigenvalue weighted by Crippen LogP contribution is 2.43. The average molecular weight is 467 g/mol. The number of nitrogens with zero attached hydrogens (tertiary/aromatic N) is 2. The van der Waals surface area contributed by atoms with E-state index in [0.717, 1.165) is 30.7 Å². The molecule has 2 aliphatic rings. The number of pyridine rings is 1. The lowest BCUT2D eigenvalue weighted by Gasteiger charge is -2.17. The SMILES string of the molecule is COc1c(Cl)cccc1Nc1c(-c2ccncc2OC[C@H]2CCCO2)[nH]c2c1C(=O)N=CC2. The number of hydrogen-bond acceptors (Lipinski definition) is 6. The summed E-state index contributed by atoms with van der Waals surface area (Å²) in [5, 5.41) is 3.82. The Morgan fingerprint density at radius 2 is 2.24 bits per heavy atom. The molecule has 4 heterocycles. The molecule has 3 aromatic rings. The van der Waals surface area contributed by atoms with Crippen LogP contribution in [-0.2, 0) is 11.2 Å². The van der Waals surface area contributed by atoms with Gasteiger partial charge >= 0.3 is 0 Å². The van der Waals surface area contributed by atoms with Gasteiger partial charge in [0.15, 0.2) is 5.75 Å². The maximum Gasteiger partial charge on any atom is 0.280 e. The van der Waals surface area contributed by atoms with Gasteiger partial charge in [0, 0.05) is 36.7 Å². The molecule has 0 bridgehead atoms. The van der Waals surface area contributed by atoms with E-state index in [0.29, 0.717) is 52.2 Å². The number of nitrogens with one attached hydrogen (secondary N) is 2. The zero-order valence-electron chi connectivity index (χ0n) is 18.1. The fourth-order valence-electron chi connectivity index (χ4n) is 4.16. The molecule has 0 spiro atoms. The monoisotopic (exact) mass is 466 g/mol. The summed E-state index contributed by atoms with van der Waals surface area (Å²) in [6.07, 6.45) is 7.56. The Labute approximate surface area is 195 Å². The highest BCUT2D eigenvalue weighted by molar-refractivity contribution is 6.32. The van der Waals surface area contributed by atoms with Crippen molar-refractivity contribution in [2.45, 2.75) is 25.4 Å². The molecule has 0 unspecified atom stereocenters. The first-order valence-electron chi connectivity index (χ1n) is 10.8. The number of fused-ring (bicyclic) bond motifs is 1. The fourth-order valence-corrected chi connectivity index (χ4v) is 4.41. The summed E-state index contributed by atoms with van der Waals surface area (Å²) in [4.78, 5) is 24.4. The number of hydrogen-bond donors (Lipinski definition) is 2. The molecule has 2 aliphatic heterocycles. The second kappa shape index (κ2) is 9.25. The molecule has 0 radical (unpaired) electrons. The summed E-state index contributed by atoms with van der Waals surface area (Å²) in [7, 11) is 1.55. The van der Waals surface area contributed by atoms with Crippen molar-refractivity contribution in [2.24, 2.45) is 4.99 Å². The third-order valence-corrected chi connectivity index (χ3v) is 6.03. The van der Waals surface area contributed by atoms with Crippen molar-refractivity contribution in [3.05, 3.63) is 52.9 Å². The van der Waals surface area contributed by atoms with Crippen molar-refractivity contribution >= 4 is 35.1 Å². The lowest BCUT2D eigenvalue weighted by Crippen LogP contribution is -2.16. The molecular formula is C24H23ClN4O4. The molecule has 170 valence electrons. The number of para-hydroxylation sites is 1. The van der Waals surface area contributed by atoms with Gasteiger partial charge in [-0.3, -0.25) is 9.78 Å². The van der Waals surface area contributed by atoms with Crippen LogP contribution in [0.1, 0.15) is 28.9 Å². The maximum atomic E-state index is 12.8. The number of anilines is 2. The van der Waals surface area contributed by atoms with Gasteiger partial charge in [0.2, 0.25) is 0 Å². The Morgan fingerprint density at radius 1 is 1.33 bits per heavy atom. The second-order valence-corrected chi connectivity index (χ2v) is 8.22. The van der Waals surface area contributed by atoms with Crippen LogP contribution in [0.25, 0.3) is 11.3 Å². The van der Waals surface area contributed by atoms with Crippen LogP contribution in [0.4, 0.5) is 11.4 Å². The van der Waals surface area contributed by atoms with Crippen LogP contribution >= 0.6 is 11.6 Å². The number of carbonyl (C=O) groups excluding carboxylic acids is 1. The van der Waals surface area contributed by atoms with E-state index in [9.17, 15) is 4.79 Å². The predicted octanol–water partition coefficient (Wildman–Crippen LogP) is 4.81. The average Bonchev–Trinajstić information content (AvgIpc) is 3.47. The molecule has 1 aromatic carbocycles. The fraction of sp³-hybridized carbons (Fsp3) is 0.292. The summed E-state index contributed by atoms with van der Waals surface area (Å²) >= 11 is 6.32. The van der Waals surface area contributed by atoms with E-state index in [2.05, 4.69) is 20.3 Å². The summed E-state index contributed by atoms with van der Waals surface area (Å²) in [5.41, 5.74) is 3.94. The zero-order chi connectivity index (χ0) is 22.8. The number of aliphatic imine (C=N–C) groups is 1. The first kappa shape index (κ1) is 21.5. The standard InChI is InChI=1S/C24H23ClN4O4/c1-31-23-16(25)5-2-6-18(23)29-22-20-17(8-10-27-24(20)30)28-21(22)15-7-9-26-12-19(15)33-13-14-4-3-11-32-14/h2,5-7,9-10,12,14,28-29H,3-4,8,11,13H2,1H3/t14-/m1/s1. The molecule has 0 aliphatic carbocycles. The Hall–Kier alpha value is -3.36. The topological polar surface area (TPSA) is 97.8 Å². The molecule has 0 saturated carbocycles. The summed E-state index contributed by atoms with van der Waals surface area (Å²) in [6.45, 7) is 1.20. The van der Waals surface area contributed by atoms with Crippen molar-refractivity contribution < 1.29 is 19.0 Å².